The first-order valence-electron chi connectivity index (χ1n) is 36.2. The first-order chi connectivity index (χ1) is 40.3. The summed E-state index contributed by atoms with van der Waals surface area (Å²) in [6, 6.07) is 2.08. The predicted octanol–water partition coefficient (Wildman–Crippen LogP) is 10.9. The van der Waals surface area contributed by atoms with Gasteiger partial charge in [0, 0.05) is 102 Å². The minimum Gasteiger partial charge on any atom is -0.380 e. The highest BCUT2D eigenvalue weighted by Crippen LogP contribution is 2.46. The second kappa shape index (κ2) is 33.3. The topological polar surface area (TPSA) is 125 Å². The molecule has 0 amide bonds. The maximum absolute atomic E-state index is 5.68. The number of morpholine rings is 2. The van der Waals surface area contributed by atoms with Gasteiger partial charge in [0.2, 0.25) is 0 Å². The Kier molecular flexibility index (Phi) is 26.2. The van der Waals surface area contributed by atoms with Crippen LogP contribution in [0.25, 0.3) is 0 Å². The van der Waals surface area contributed by atoms with Crippen molar-refractivity contribution >= 4 is 0 Å². The van der Waals surface area contributed by atoms with E-state index in [2.05, 4.69) is 41.7 Å². The quantitative estimate of drug-likeness (QED) is 0.138. The van der Waals surface area contributed by atoms with Crippen LogP contribution in [0.4, 0.5) is 0 Å². The minimum absolute atomic E-state index is 0.142. The summed E-state index contributed by atoms with van der Waals surface area (Å²) in [6.07, 6.45) is 53.1. The average Bonchev–Trinajstić information content (AvgIpc) is 4.48. The zero-order valence-electron chi connectivity index (χ0n) is 53.0. The molecule has 13 heterocycles. The number of rotatable bonds is 0. The van der Waals surface area contributed by atoms with Gasteiger partial charge in [-0.1, -0.05) is 89.9 Å². The van der Waals surface area contributed by atoms with Crippen molar-refractivity contribution in [3.05, 3.63) is 0 Å². The fourth-order valence-electron chi connectivity index (χ4n) is 18.3. The minimum atomic E-state index is -0.142. The van der Waals surface area contributed by atoms with Crippen molar-refractivity contribution in [2.75, 3.05) is 144 Å². The van der Waals surface area contributed by atoms with Gasteiger partial charge in [-0.3, -0.25) is 9.80 Å². The van der Waals surface area contributed by atoms with E-state index >= 15 is 0 Å². The molecular formula is C69H128N8O5. The molecule has 13 saturated heterocycles. The van der Waals surface area contributed by atoms with Crippen LogP contribution in [0.2, 0.25) is 0 Å². The van der Waals surface area contributed by atoms with Gasteiger partial charge in [0.1, 0.15) is 0 Å². The van der Waals surface area contributed by atoms with E-state index in [0.717, 1.165) is 93.7 Å². The van der Waals surface area contributed by atoms with Crippen LogP contribution in [0.15, 0.2) is 0 Å². The molecule has 4 atom stereocenters. The lowest BCUT2D eigenvalue weighted by Gasteiger charge is -2.41. The Labute approximate surface area is 502 Å². The summed E-state index contributed by atoms with van der Waals surface area (Å²) >= 11 is 0. The number of nitrogens with one attached hydrogen (secondary N) is 6. The van der Waals surface area contributed by atoms with E-state index in [1.807, 2.05) is 0 Å². The molecule has 13 heteroatoms. The van der Waals surface area contributed by atoms with E-state index in [-0.39, 0.29) is 5.79 Å². The van der Waals surface area contributed by atoms with Crippen LogP contribution in [-0.2, 0) is 23.7 Å². The van der Waals surface area contributed by atoms with Crippen molar-refractivity contribution in [3.8, 4) is 0 Å². The number of piperidine rings is 1. The summed E-state index contributed by atoms with van der Waals surface area (Å²) in [7, 11) is 0. The standard InChI is InChI=1S/C10H19N.2C9H17N.C9H16O2.C8H15N.C7H12O.C6H12N2.C6H11NO.C5H9NO/c1-2-4-10(5-3-1)6-8-11-9-7-10;2*1-2-4-9(5-3-1)6-7-10-8-9;1-2-5-9(6-3-1)10-7-4-8-11-9;1-2-4-8(3-1)5-6-9-7-8;1-2-4-7(3-1)5-8-6-7;1-2-8-5-3-7(1)4-6-8;1-2-6-4-8-3-5(1)7-6;1-4-3-7-5(1)2-6-4/h11H,1-9H2;2*10H,1-8H2;1-8H2;9H,1-7H2;2*1-6H2;5-7H,1-4H2;4-6H,1-3H2. The summed E-state index contributed by atoms with van der Waals surface area (Å²) < 4.78 is 27.1. The molecule has 6 saturated carbocycles. The van der Waals surface area contributed by atoms with Gasteiger partial charge in [0.25, 0.3) is 0 Å². The zero-order valence-corrected chi connectivity index (χ0v) is 53.0. The molecule has 4 unspecified atom stereocenters. The summed E-state index contributed by atoms with van der Waals surface area (Å²) in [5.74, 6) is -0.142. The summed E-state index contributed by atoms with van der Waals surface area (Å²) in [5.41, 5.74) is 3.79. The van der Waals surface area contributed by atoms with Crippen LogP contribution < -0.4 is 31.9 Å². The Morgan fingerprint density at radius 1 is 0.341 bits per heavy atom. The molecule has 19 fully saturated rings. The third kappa shape index (κ3) is 20.0. The van der Waals surface area contributed by atoms with Crippen LogP contribution in [0.1, 0.15) is 238 Å². The molecule has 82 heavy (non-hydrogen) atoms. The number of hydrogen-bond donors (Lipinski definition) is 6. The van der Waals surface area contributed by atoms with E-state index in [1.165, 1.54) is 310 Å². The van der Waals surface area contributed by atoms with E-state index in [1.54, 1.807) is 0 Å². The third-order valence-corrected chi connectivity index (χ3v) is 24.1. The molecule has 13 nitrogen and oxygen atoms in total. The van der Waals surface area contributed by atoms with Crippen LogP contribution in [-0.4, -0.2) is 184 Å². The predicted molar refractivity (Wildman–Crippen MR) is 336 cm³/mol. The maximum atomic E-state index is 5.68. The Balaban J connectivity index is 0.000000104. The Morgan fingerprint density at radius 2 is 0.732 bits per heavy atom. The van der Waals surface area contributed by atoms with E-state index in [0.29, 0.717) is 29.6 Å². The lowest BCUT2D eigenvalue weighted by atomic mass is 9.68. The SMILES string of the molecule is C1CC2COCC1N2.C1CCC2(C1)CCNC2.C1CCC2(C1)COC2.C1CCC2(CC1)CCNC2.C1CCC2(CC1)CCNC2.C1CCC2(CC1)CCNCC2.C1CCC2(CC1)OCCCO2.C1CN2CCN1CC2.C1OC2CNC1C2. The molecule has 19 aliphatic rings. The van der Waals surface area contributed by atoms with Gasteiger partial charge in [-0.25, -0.2) is 0 Å². The molecule has 6 N–H and O–H groups in total. The van der Waals surface area contributed by atoms with Crippen molar-refractivity contribution in [1.82, 2.24) is 41.7 Å². The van der Waals surface area contributed by atoms with Gasteiger partial charge < -0.3 is 55.6 Å². The number of ether oxygens (including phenoxy) is 5. The lowest BCUT2D eigenvalue weighted by Crippen LogP contribution is -2.55. The molecule has 6 bridgehead atoms. The van der Waals surface area contributed by atoms with Crippen molar-refractivity contribution in [2.45, 2.75) is 268 Å². The van der Waals surface area contributed by atoms with Gasteiger partial charge >= 0.3 is 0 Å². The second-order valence-corrected chi connectivity index (χ2v) is 30.3. The number of hydrogen-bond acceptors (Lipinski definition) is 13. The largest absolute Gasteiger partial charge is 0.380 e. The Morgan fingerprint density at radius 3 is 1.04 bits per heavy atom. The lowest BCUT2D eigenvalue weighted by molar-refractivity contribution is -0.279. The van der Waals surface area contributed by atoms with Gasteiger partial charge in [0.15, 0.2) is 5.79 Å². The maximum Gasteiger partial charge on any atom is 0.168 e. The van der Waals surface area contributed by atoms with Gasteiger partial charge in [-0.05, 0) is 189 Å². The van der Waals surface area contributed by atoms with E-state index in [4.69, 9.17) is 23.7 Å². The van der Waals surface area contributed by atoms with Crippen molar-refractivity contribution in [3.63, 3.8) is 0 Å². The van der Waals surface area contributed by atoms with E-state index < -0.39 is 0 Å². The molecule has 0 aromatic rings. The molecule has 6 aliphatic carbocycles. The van der Waals surface area contributed by atoms with Crippen molar-refractivity contribution < 1.29 is 23.7 Å². The highest BCUT2D eigenvalue weighted by atomic mass is 16.7. The van der Waals surface area contributed by atoms with E-state index in [9.17, 15) is 0 Å². The Bertz CT molecular complexity index is 1510. The van der Waals surface area contributed by atoms with Gasteiger partial charge in [-0.2, -0.15) is 0 Å². The van der Waals surface area contributed by atoms with Crippen molar-refractivity contribution in [2.24, 2.45) is 27.1 Å². The normalized spacial score (nSPS) is 35.4. The van der Waals surface area contributed by atoms with Crippen LogP contribution in [0.5, 0.6) is 0 Å². The molecule has 474 valence electrons. The van der Waals surface area contributed by atoms with Crippen LogP contribution in [0, 0.1) is 27.1 Å². The summed E-state index contributed by atoms with van der Waals surface area (Å²) in [5, 5.41) is 20.7. The molecule has 0 radical (unpaired) electrons. The first kappa shape index (κ1) is 64.5. The molecular weight excluding hydrogens is 1020 g/mol. The Hall–Kier alpha value is -0.520. The van der Waals surface area contributed by atoms with Crippen LogP contribution in [0.3, 0.4) is 0 Å². The number of piperazine rings is 3. The molecule has 6 spiro atoms. The zero-order chi connectivity index (χ0) is 56.0. The van der Waals surface area contributed by atoms with Crippen LogP contribution >= 0.6 is 0 Å². The van der Waals surface area contributed by atoms with Gasteiger partial charge in [-0.15, -0.1) is 0 Å². The smallest absolute Gasteiger partial charge is 0.168 e. The second-order valence-electron chi connectivity index (χ2n) is 30.3. The first-order valence-corrected chi connectivity index (χ1v) is 36.2. The monoisotopic (exact) mass is 1150 g/mol. The molecule has 19 rings (SSSR count). The van der Waals surface area contributed by atoms with Gasteiger partial charge in [0.05, 0.1) is 52.4 Å². The average molecular weight is 1150 g/mol. The summed E-state index contributed by atoms with van der Waals surface area (Å²) in [4.78, 5) is 5.08. The third-order valence-electron chi connectivity index (χ3n) is 24.1. The number of nitrogens with zero attached hydrogens (tertiary/aromatic N) is 2. The fourth-order valence-corrected chi connectivity index (χ4v) is 18.3. The van der Waals surface area contributed by atoms with Crippen molar-refractivity contribution in [1.29, 1.82) is 0 Å². The molecule has 0 aromatic heterocycles. The molecule has 13 aliphatic heterocycles. The highest BCUT2D eigenvalue weighted by Gasteiger charge is 2.42. The fraction of sp³-hybridized carbons (Fsp3) is 1.00. The molecule has 0 aromatic carbocycles. The number of fused-ring (bicyclic) bond motifs is 7. The summed E-state index contributed by atoms with van der Waals surface area (Å²) in [6.45, 7) is 26.1. The highest BCUT2D eigenvalue weighted by molar-refractivity contribution is 4.94.